The van der Waals surface area contributed by atoms with E-state index in [1.54, 1.807) is 32.3 Å². The molecule has 3 atom stereocenters. The number of likely N-dealkylation sites (N-methyl/N-ethyl adjacent to an activating group) is 1. The Morgan fingerprint density at radius 2 is 1.88 bits per heavy atom. The van der Waals surface area contributed by atoms with Crippen LogP contribution in [0, 0.1) is 12.3 Å². The molecule has 0 radical (unpaired) electrons. The number of allylic oxidation sites excluding steroid dienone is 1. The highest BCUT2D eigenvalue weighted by molar-refractivity contribution is 5.90. The molecule has 5 N–H and O–H groups in total. The van der Waals surface area contributed by atoms with Crippen LogP contribution in [-0.4, -0.2) is 56.9 Å². The van der Waals surface area contributed by atoms with Crippen molar-refractivity contribution in [2.45, 2.75) is 52.0 Å². The van der Waals surface area contributed by atoms with Crippen molar-refractivity contribution in [3.63, 3.8) is 0 Å². The zero-order valence-electron chi connectivity index (χ0n) is 19.7. The first-order valence-corrected chi connectivity index (χ1v) is 11.1. The molecule has 0 saturated heterocycles. The van der Waals surface area contributed by atoms with Crippen molar-refractivity contribution in [3.05, 3.63) is 71.7 Å². The van der Waals surface area contributed by atoms with Gasteiger partial charge in [-0.25, -0.2) is 0 Å². The molecule has 0 fully saturated rings. The van der Waals surface area contributed by atoms with Gasteiger partial charge in [0.2, 0.25) is 0 Å². The molecule has 0 spiro atoms. The van der Waals surface area contributed by atoms with Crippen molar-refractivity contribution < 1.29 is 19.8 Å². The van der Waals surface area contributed by atoms with Crippen molar-refractivity contribution in [2.75, 3.05) is 11.9 Å². The summed E-state index contributed by atoms with van der Waals surface area (Å²) in [6.45, 7) is 5.82. The number of pyridine rings is 1. The lowest BCUT2D eigenvalue weighted by molar-refractivity contribution is -0.153. The first kappa shape index (κ1) is 26.7. The summed E-state index contributed by atoms with van der Waals surface area (Å²) in [7, 11) is 0. The van der Waals surface area contributed by atoms with E-state index in [4.69, 9.17) is 5.41 Å². The largest absolute Gasteiger partial charge is 0.380 e. The fourth-order valence-electron chi connectivity index (χ4n) is 3.22. The van der Waals surface area contributed by atoms with Gasteiger partial charge in [0.15, 0.2) is 12.2 Å². The predicted molar refractivity (Wildman–Crippen MR) is 131 cm³/mol. The Kier molecular flexibility index (Phi) is 10.4. The molecule has 0 aliphatic carbocycles. The molecule has 182 valence electrons. The van der Waals surface area contributed by atoms with Gasteiger partial charge in [-0.3, -0.25) is 14.6 Å². The molecular formula is C25H33N5O4. The number of hydrogen-bond acceptors (Lipinski definition) is 7. The summed E-state index contributed by atoms with van der Waals surface area (Å²) in [5.74, 6) is -1.58. The lowest BCUT2D eigenvalue weighted by Gasteiger charge is -2.26. The van der Waals surface area contributed by atoms with Crippen LogP contribution in [-0.2, 0) is 16.1 Å². The van der Waals surface area contributed by atoms with Crippen molar-refractivity contribution >= 4 is 23.7 Å². The van der Waals surface area contributed by atoms with Crippen molar-refractivity contribution in [1.29, 1.82) is 5.41 Å². The summed E-state index contributed by atoms with van der Waals surface area (Å²) in [6.07, 6.45) is 3.22. The Balaban J connectivity index is 1.95. The molecule has 1 aromatic carbocycles. The summed E-state index contributed by atoms with van der Waals surface area (Å²) in [5.41, 5.74) is 3.21. The third-order valence-electron chi connectivity index (χ3n) is 5.36. The van der Waals surface area contributed by atoms with Crippen LogP contribution in [0.2, 0.25) is 0 Å². The average Bonchev–Trinajstić information content (AvgIpc) is 2.85. The van der Waals surface area contributed by atoms with Crippen LogP contribution in [0.15, 0.2) is 54.9 Å². The summed E-state index contributed by atoms with van der Waals surface area (Å²) in [4.78, 5) is 30.9. The maximum Gasteiger partial charge on any atom is 0.255 e. The van der Waals surface area contributed by atoms with E-state index in [1.807, 2.05) is 43.3 Å². The monoisotopic (exact) mass is 467 g/mol. The Morgan fingerprint density at radius 3 is 2.50 bits per heavy atom. The third-order valence-corrected chi connectivity index (χ3v) is 5.36. The Labute approximate surface area is 200 Å². The number of rotatable bonds is 12. The number of aromatic nitrogens is 1. The molecule has 34 heavy (non-hydrogen) atoms. The summed E-state index contributed by atoms with van der Waals surface area (Å²) in [5, 5.41) is 33.4. The van der Waals surface area contributed by atoms with Crippen LogP contribution in [0.4, 0.5) is 5.69 Å². The summed E-state index contributed by atoms with van der Waals surface area (Å²) in [6, 6.07) is 10.5. The number of aliphatic hydroxyl groups is 2. The molecule has 2 amide bonds. The summed E-state index contributed by atoms with van der Waals surface area (Å²) < 4.78 is 0. The molecule has 0 aliphatic heterocycles. The smallest absolute Gasteiger partial charge is 0.255 e. The van der Waals surface area contributed by atoms with E-state index in [9.17, 15) is 19.8 Å². The van der Waals surface area contributed by atoms with Gasteiger partial charge in [0.05, 0.1) is 18.3 Å². The normalized spacial score (nSPS) is 13.7. The van der Waals surface area contributed by atoms with Gasteiger partial charge in [-0.1, -0.05) is 24.3 Å². The molecule has 2 aromatic rings. The summed E-state index contributed by atoms with van der Waals surface area (Å²) >= 11 is 0. The number of amides is 2. The van der Waals surface area contributed by atoms with Crippen molar-refractivity contribution in [1.82, 2.24) is 15.2 Å². The molecule has 0 saturated carbocycles. The van der Waals surface area contributed by atoms with Gasteiger partial charge in [-0.15, -0.1) is 0 Å². The van der Waals surface area contributed by atoms with E-state index in [2.05, 4.69) is 15.6 Å². The first-order chi connectivity index (χ1) is 16.3. The second kappa shape index (κ2) is 13.2. The minimum atomic E-state index is -1.91. The SMILES string of the molecule is CCN(Cc1ncccc1C)C(=O)C(O)[C@@H](O)C(=O)NC(C)c1ccc(N/C=C\CC=N)cc1. The van der Waals surface area contributed by atoms with E-state index in [0.717, 1.165) is 16.8 Å². The zero-order chi connectivity index (χ0) is 25.1. The predicted octanol–water partition coefficient (Wildman–Crippen LogP) is 2.30. The van der Waals surface area contributed by atoms with Gasteiger partial charge >= 0.3 is 0 Å². The molecule has 9 nitrogen and oxygen atoms in total. The molecular weight excluding hydrogens is 434 g/mol. The number of nitrogens with one attached hydrogen (secondary N) is 3. The standard InChI is InChI=1S/C25H33N5O4/c1-4-30(16-21-17(2)8-7-15-28-21)25(34)23(32)22(31)24(33)29-18(3)19-9-11-20(12-10-19)27-14-6-5-13-26/h6-15,18,22-23,26-27,31-32H,4-5,16H2,1-3H3,(H,29,33)/b14-6-,26-13?/t18?,22-,23?/m1/s1. The highest BCUT2D eigenvalue weighted by Gasteiger charge is 2.33. The maximum absolute atomic E-state index is 12.7. The number of carbonyl (C=O) groups is 2. The number of aryl methyl sites for hydroxylation is 1. The van der Waals surface area contributed by atoms with Gasteiger partial charge in [0.25, 0.3) is 11.8 Å². The van der Waals surface area contributed by atoms with Gasteiger partial charge in [0.1, 0.15) is 0 Å². The van der Waals surface area contributed by atoms with Crippen LogP contribution >= 0.6 is 0 Å². The van der Waals surface area contributed by atoms with Crippen LogP contribution in [0.25, 0.3) is 0 Å². The molecule has 1 heterocycles. The lowest BCUT2D eigenvalue weighted by Crippen LogP contribution is -2.51. The van der Waals surface area contributed by atoms with Crippen LogP contribution in [0.5, 0.6) is 0 Å². The Hall–Kier alpha value is -3.56. The average molecular weight is 468 g/mol. The first-order valence-electron chi connectivity index (χ1n) is 11.1. The van der Waals surface area contributed by atoms with Crippen molar-refractivity contribution in [3.8, 4) is 0 Å². The number of nitrogens with zero attached hydrogens (tertiary/aromatic N) is 2. The quantitative estimate of drug-likeness (QED) is 0.304. The van der Waals surface area contributed by atoms with E-state index in [1.165, 1.54) is 11.1 Å². The van der Waals surface area contributed by atoms with Crippen LogP contribution < -0.4 is 10.6 Å². The molecule has 2 rings (SSSR count). The van der Waals surface area contributed by atoms with Crippen LogP contribution in [0.1, 0.15) is 43.1 Å². The van der Waals surface area contributed by atoms with Crippen molar-refractivity contribution in [2.24, 2.45) is 0 Å². The minimum Gasteiger partial charge on any atom is -0.380 e. The Morgan fingerprint density at radius 1 is 1.18 bits per heavy atom. The topological polar surface area (TPSA) is 139 Å². The molecule has 0 bridgehead atoms. The van der Waals surface area contributed by atoms with Gasteiger partial charge in [-0.05, 0) is 62.5 Å². The zero-order valence-corrected chi connectivity index (χ0v) is 19.7. The second-order valence-corrected chi connectivity index (χ2v) is 7.85. The van der Waals surface area contributed by atoms with Gasteiger partial charge < -0.3 is 31.2 Å². The fourth-order valence-corrected chi connectivity index (χ4v) is 3.22. The molecule has 2 unspecified atom stereocenters. The molecule has 9 heteroatoms. The fraction of sp³-hybridized carbons (Fsp3) is 0.360. The molecule has 0 aliphatic rings. The maximum atomic E-state index is 12.7. The van der Waals surface area contributed by atoms with E-state index in [-0.39, 0.29) is 13.1 Å². The van der Waals surface area contributed by atoms with Crippen LogP contribution in [0.3, 0.4) is 0 Å². The van der Waals surface area contributed by atoms with E-state index < -0.39 is 30.1 Å². The van der Waals surface area contributed by atoms with E-state index in [0.29, 0.717) is 12.1 Å². The highest BCUT2D eigenvalue weighted by atomic mass is 16.3. The second-order valence-electron chi connectivity index (χ2n) is 7.85. The third kappa shape index (κ3) is 7.50. The highest BCUT2D eigenvalue weighted by Crippen LogP contribution is 2.17. The van der Waals surface area contributed by atoms with E-state index >= 15 is 0 Å². The number of benzene rings is 1. The number of anilines is 1. The number of aliphatic hydroxyl groups excluding tert-OH is 2. The van der Waals surface area contributed by atoms with Gasteiger partial charge in [0, 0.05) is 24.8 Å². The van der Waals surface area contributed by atoms with Gasteiger partial charge in [-0.2, -0.15) is 0 Å². The Bertz CT molecular complexity index is 993. The number of carbonyl (C=O) groups excluding carboxylic acids is 2. The minimum absolute atomic E-state index is 0.167. The number of hydrogen-bond donors (Lipinski definition) is 5. The molecule has 1 aromatic heterocycles. The lowest BCUT2D eigenvalue weighted by atomic mass is 10.1.